The number of nitrogens with one attached hydrogen (secondary N) is 1. The Hall–Kier alpha value is -0.160. The molecule has 5 N–H and O–H groups in total. The van der Waals surface area contributed by atoms with E-state index in [4.69, 9.17) is 15.9 Å². The van der Waals surface area contributed by atoms with E-state index in [2.05, 4.69) is 5.32 Å². The van der Waals surface area contributed by atoms with Crippen molar-refractivity contribution in [2.75, 3.05) is 19.7 Å². The minimum atomic E-state index is -0.650. The SMILES string of the molecule is CC(N)CCNC[C@H](O)CO. The number of hydrogen-bond donors (Lipinski definition) is 4. The quantitative estimate of drug-likeness (QED) is 0.365. The van der Waals surface area contributed by atoms with E-state index >= 15 is 0 Å². The van der Waals surface area contributed by atoms with Crippen LogP contribution in [0.2, 0.25) is 0 Å². The molecule has 0 aromatic rings. The van der Waals surface area contributed by atoms with E-state index in [0.717, 1.165) is 13.0 Å². The lowest BCUT2D eigenvalue weighted by Crippen LogP contribution is -2.32. The van der Waals surface area contributed by atoms with Crippen LogP contribution in [-0.4, -0.2) is 42.1 Å². The van der Waals surface area contributed by atoms with Crippen molar-refractivity contribution in [1.29, 1.82) is 0 Å². The number of aliphatic hydroxyl groups is 2. The highest BCUT2D eigenvalue weighted by Gasteiger charge is 2.00. The van der Waals surface area contributed by atoms with Crippen LogP contribution < -0.4 is 11.1 Å². The third-order valence-electron chi connectivity index (χ3n) is 1.37. The molecule has 0 spiro atoms. The molecule has 0 aliphatic rings. The fourth-order valence-corrected chi connectivity index (χ4v) is 0.663. The fourth-order valence-electron chi connectivity index (χ4n) is 0.663. The van der Waals surface area contributed by atoms with Gasteiger partial charge in [0, 0.05) is 12.6 Å². The van der Waals surface area contributed by atoms with Gasteiger partial charge in [0.2, 0.25) is 0 Å². The second-order valence-electron chi connectivity index (χ2n) is 2.81. The Morgan fingerprint density at radius 1 is 1.55 bits per heavy atom. The van der Waals surface area contributed by atoms with E-state index in [1.54, 1.807) is 0 Å². The molecule has 0 saturated heterocycles. The van der Waals surface area contributed by atoms with E-state index in [1.807, 2.05) is 6.92 Å². The average molecular weight is 162 g/mol. The lowest BCUT2D eigenvalue weighted by atomic mass is 10.2. The summed E-state index contributed by atoms with van der Waals surface area (Å²) in [5.41, 5.74) is 5.49. The van der Waals surface area contributed by atoms with E-state index in [0.29, 0.717) is 6.54 Å². The van der Waals surface area contributed by atoms with Crippen molar-refractivity contribution >= 4 is 0 Å². The first-order valence-corrected chi connectivity index (χ1v) is 3.92. The number of rotatable bonds is 6. The van der Waals surface area contributed by atoms with Crippen molar-refractivity contribution in [1.82, 2.24) is 5.32 Å². The van der Waals surface area contributed by atoms with Crippen molar-refractivity contribution in [3.05, 3.63) is 0 Å². The Kier molecular flexibility index (Phi) is 6.45. The smallest absolute Gasteiger partial charge is 0.0894 e. The molecule has 0 amide bonds. The van der Waals surface area contributed by atoms with Crippen molar-refractivity contribution in [2.24, 2.45) is 5.73 Å². The largest absolute Gasteiger partial charge is 0.394 e. The summed E-state index contributed by atoms with van der Waals surface area (Å²) in [6.07, 6.45) is 0.237. The summed E-state index contributed by atoms with van der Waals surface area (Å²) >= 11 is 0. The van der Waals surface area contributed by atoms with Gasteiger partial charge in [0.25, 0.3) is 0 Å². The minimum absolute atomic E-state index is 0.189. The number of aliphatic hydroxyl groups excluding tert-OH is 2. The van der Waals surface area contributed by atoms with Gasteiger partial charge in [-0.05, 0) is 19.9 Å². The predicted molar refractivity (Wildman–Crippen MR) is 44.2 cm³/mol. The first-order valence-electron chi connectivity index (χ1n) is 3.92. The van der Waals surface area contributed by atoms with Gasteiger partial charge in [0.15, 0.2) is 0 Å². The molecule has 0 aromatic carbocycles. The first kappa shape index (κ1) is 10.8. The fraction of sp³-hybridized carbons (Fsp3) is 1.00. The second-order valence-corrected chi connectivity index (χ2v) is 2.81. The molecule has 2 atom stereocenters. The van der Waals surface area contributed by atoms with Gasteiger partial charge in [0.05, 0.1) is 12.7 Å². The van der Waals surface area contributed by atoms with Crippen molar-refractivity contribution in [2.45, 2.75) is 25.5 Å². The third kappa shape index (κ3) is 7.74. The molecule has 68 valence electrons. The molecule has 4 heteroatoms. The lowest BCUT2D eigenvalue weighted by molar-refractivity contribution is 0.0945. The summed E-state index contributed by atoms with van der Waals surface area (Å²) < 4.78 is 0. The summed E-state index contributed by atoms with van der Waals surface area (Å²) in [7, 11) is 0. The Labute approximate surface area is 67.4 Å². The maximum Gasteiger partial charge on any atom is 0.0894 e. The lowest BCUT2D eigenvalue weighted by Gasteiger charge is -2.09. The average Bonchev–Trinajstić information content (AvgIpc) is 1.97. The summed E-state index contributed by atoms with van der Waals surface area (Å²) in [4.78, 5) is 0. The molecule has 1 unspecified atom stereocenters. The van der Waals surface area contributed by atoms with Gasteiger partial charge in [-0.15, -0.1) is 0 Å². The molecule has 0 bridgehead atoms. The van der Waals surface area contributed by atoms with E-state index < -0.39 is 6.10 Å². The molecule has 0 heterocycles. The van der Waals surface area contributed by atoms with Crippen molar-refractivity contribution in [3.8, 4) is 0 Å². The van der Waals surface area contributed by atoms with Gasteiger partial charge >= 0.3 is 0 Å². The van der Waals surface area contributed by atoms with Crippen LogP contribution in [0, 0.1) is 0 Å². The molecule has 0 aliphatic carbocycles. The molecule has 0 aliphatic heterocycles. The highest BCUT2D eigenvalue weighted by molar-refractivity contribution is 4.60. The van der Waals surface area contributed by atoms with Crippen LogP contribution in [0.1, 0.15) is 13.3 Å². The van der Waals surface area contributed by atoms with Crippen LogP contribution in [-0.2, 0) is 0 Å². The summed E-state index contributed by atoms with van der Waals surface area (Å²) in [6.45, 7) is 2.97. The standard InChI is InChI=1S/C7H18N2O2/c1-6(8)2-3-9-4-7(11)5-10/h6-7,9-11H,2-5,8H2,1H3/t6?,7-/m0/s1. The van der Waals surface area contributed by atoms with E-state index in [1.165, 1.54) is 0 Å². The molecular formula is C7H18N2O2. The van der Waals surface area contributed by atoms with Crippen LogP contribution in [0.15, 0.2) is 0 Å². The number of nitrogens with two attached hydrogens (primary N) is 1. The summed E-state index contributed by atoms with van der Waals surface area (Å²) in [6, 6.07) is 0.189. The maximum absolute atomic E-state index is 8.88. The molecule has 0 saturated carbocycles. The summed E-state index contributed by atoms with van der Waals surface area (Å²) in [5.74, 6) is 0. The molecule has 4 nitrogen and oxygen atoms in total. The zero-order chi connectivity index (χ0) is 8.69. The van der Waals surface area contributed by atoms with Gasteiger partial charge in [-0.25, -0.2) is 0 Å². The Bertz CT molecular complexity index is 88.5. The van der Waals surface area contributed by atoms with Gasteiger partial charge in [0.1, 0.15) is 0 Å². The Morgan fingerprint density at radius 2 is 2.18 bits per heavy atom. The Morgan fingerprint density at radius 3 is 2.64 bits per heavy atom. The zero-order valence-corrected chi connectivity index (χ0v) is 6.95. The van der Waals surface area contributed by atoms with Crippen LogP contribution in [0.5, 0.6) is 0 Å². The van der Waals surface area contributed by atoms with Gasteiger partial charge in [-0.1, -0.05) is 0 Å². The van der Waals surface area contributed by atoms with Gasteiger partial charge < -0.3 is 21.3 Å². The van der Waals surface area contributed by atoms with Crippen molar-refractivity contribution in [3.63, 3.8) is 0 Å². The minimum Gasteiger partial charge on any atom is -0.394 e. The molecule has 0 radical (unpaired) electrons. The van der Waals surface area contributed by atoms with Crippen molar-refractivity contribution < 1.29 is 10.2 Å². The molecule has 0 rings (SSSR count). The van der Waals surface area contributed by atoms with Crippen LogP contribution in [0.25, 0.3) is 0 Å². The maximum atomic E-state index is 8.88. The monoisotopic (exact) mass is 162 g/mol. The molecule has 0 fully saturated rings. The van der Waals surface area contributed by atoms with Gasteiger partial charge in [-0.2, -0.15) is 0 Å². The molecular weight excluding hydrogens is 144 g/mol. The zero-order valence-electron chi connectivity index (χ0n) is 6.95. The third-order valence-corrected chi connectivity index (χ3v) is 1.37. The van der Waals surface area contributed by atoms with E-state index in [9.17, 15) is 0 Å². The highest BCUT2D eigenvalue weighted by atomic mass is 16.3. The van der Waals surface area contributed by atoms with Gasteiger partial charge in [-0.3, -0.25) is 0 Å². The predicted octanol–water partition coefficient (Wildman–Crippen LogP) is -1.33. The van der Waals surface area contributed by atoms with Crippen LogP contribution in [0.4, 0.5) is 0 Å². The van der Waals surface area contributed by atoms with Crippen LogP contribution in [0.3, 0.4) is 0 Å². The normalized spacial score (nSPS) is 16.4. The van der Waals surface area contributed by atoms with E-state index in [-0.39, 0.29) is 12.6 Å². The Balaban J connectivity index is 3.01. The molecule has 11 heavy (non-hydrogen) atoms. The first-order chi connectivity index (χ1) is 5.16. The highest BCUT2D eigenvalue weighted by Crippen LogP contribution is 1.83. The number of hydrogen-bond acceptors (Lipinski definition) is 4. The van der Waals surface area contributed by atoms with Crippen LogP contribution >= 0.6 is 0 Å². The summed E-state index contributed by atoms with van der Waals surface area (Å²) in [5, 5.41) is 20.3. The molecule has 0 aromatic heterocycles. The second kappa shape index (κ2) is 6.54. The topological polar surface area (TPSA) is 78.5 Å².